The van der Waals surface area contributed by atoms with E-state index in [0.717, 1.165) is 21.1 Å². The molecule has 0 saturated carbocycles. The lowest BCUT2D eigenvalue weighted by atomic mass is 10.1. The van der Waals surface area contributed by atoms with Gasteiger partial charge in [-0.05, 0) is 42.3 Å². The minimum Gasteiger partial charge on any atom is -0.370 e. The van der Waals surface area contributed by atoms with E-state index in [2.05, 4.69) is 86.3 Å². The monoisotopic (exact) mass is 396 g/mol. The number of hydrogen-bond acceptors (Lipinski definition) is 2. The van der Waals surface area contributed by atoms with Crippen LogP contribution in [0.2, 0.25) is 0 Å². The van der Waals surface area contributed by atoms with Crippen LogP contribution in [0.15, 0.2) is 51.4 Å². The Morgan fingerprint density at radius 2 is 1.75 bits per heavy atom. The third-order valence-corrected chi connectivity index (χ3v) is 4.46. The fraction of sp³-hybridized carbons (Fsp3) is 0.250. The Morgan fingerprint density at radius 3 is 2.30 bits per heavy atom. The summed E-state index contributed by atoms with van der Waals surface area (Å²) in [6.45, 7) is 2.86. The van der Waals surface area contributed by atoms with E-state index in [9.17, 15) is 0 Å². The fourth-order valence-electron chi connectivity index (χ4n) is 2.08. The molecule has 2 rings (SSSR count). The largest absolute Gasteiger partial charge is 0.370 e. The minimum absolute atomic E-state index is 0.0372. The van der Waals surface area contributed by atoms with Crippen molar-refractivity contribution in [2.75, 3.05) is 11.9 Å². The molecule has 0 aliphatic rings. The predicted octanol–water partition coefficient (Wildman–Crippen LogP) is 4.87. The van der Waals surface area contributed by atoms with Crippen molar-refractivity contribution in [1.29, 1.82) is 0 Å². The number of rotatable bonds is 4. The number of anilines is 1. The summed E-state index contributed by atoms with van der Waals surface area (Å²) >= 11 is 7.05. The highest BCUT2D eigenvalue weighted by molar-refractivity contribution is 9.10. The van der Waals surface area contributed by atoms with Crippen LogP contribution in [0.5, 0.6) is 0 Å². The molecule has 4 heteroatoms. The van der Waals surface area contributed by atoms with Crippen LogP contribution in [-0.4, -0.2) is 7.05 Å². The molecule has 0 fully saturated rings. The van der Waals surface area contributed by atoms with Gasteiger partial charge in [-0.2, -0.15) is 0 Å². The molecule has 0 aliphatic heterocycles. The first-order valence-electron chi connectivity index (χ1n) is 6.48. The van der Waals surface area contributed by atoms with Crippen LogP contribution >= 0.6 is 31.9 Å². The average molecular weight is 398 g/mol. The maximum Gasteiger partial charge on any atom is 0.0426 e. The van der Waals surface area contributed by atoms with Crippen molar-refractivity contribution in [2.45, 2.75) is 19.5 Å². The van der Waals surface area contributed by atoms with Gasteiger partial charge in [-0.1, -0.05) is 50.1 Å². The molecule has 2 aromatic carbocycles. The molecule has 0 heterocycles. The molecule has 2 N–H and O–H groups in total. The van der Waals surface area contributed by atoms with E-state index in [1.807, 2.05) is 6.92 Å². The maximum atomic E-state index is 5.93. The first-order chi connectivity index (χ1) is 9.47. The Balaban J connectivity index is 2.15. The Kier molecular flexibility index (Phi) is 5.24. The van der Waals surface area contributed by atoms with Crippen LogP contribution in [0.3, 0.4) is 0 Å². The molecule has 0 spiro atoms. The Hall–Kier alpha value is -0.840. The minimum atomic E-state index is 0.0372. The fourth-order valence-corrected chi connectivity index (χ4v) is 3.07. The lowest BCUT2D eigenvalue weighted by Crippen LogP contribution is -2.16. The molecule has 0 unspecified atom stereocenters. The predicted molar refractivity (Wildman–Crippen MR) is 93.0 cm³/mol. The SMILES string of the molecule is C[C@@H](N)c1ccc(N(C)Cc2ccc(Br)cc2)cc1Br. The molecule has 0 saturated heterocycles. The van der Waals surface area contributed by atoms with E-state index in [4.69, 9.17) is 5.73 Å². The van der Waals surface area contributed by atoms with Crippen molar-refractivity contribution in [2.24, 2.45) is 5.73 Å². The van der Waals surface area contributed by atoms with E-state index in [1.165, 1.54) is 11.3 Å². The van der Waals surface area contributed by atoms with E-state index < -0.39 is 0 Å². The van der Waals surface area contributed by atoms with Crippen LogP contribution in [0.4, 0.5) is 5.69 Å². The van der Waals surface area contributed by atoms with Crippen LogP contribution in [0.1, 0.15) is 24.1 Å². The summed E-state index contributed by atoms with van der Waals surface area (Å²) in [5.74, 6) is 0. The molecule has 2 aromatic rings. The summed E-state index contributed by atoms with van der Waals surface area (Å²) in [6.07, 6.45) is 0. The molecule has 20 heavy (non-hydrogen) atoms. The Morgan fingerprint density at radius 1 is 1.10 bits per heavy atom. The van der Waals surface area contributed by atoms with Gasteiger partial charge in [0.1, 0.15) is 0 Å². The lowest BCUT2D eigenvalue weighted by Gasteiger charge is -2.21. The molecule has 0 aliphatic carbocycles. The Bertz CT molecular complexity index is 580. The summed E-state index contributed by atoms with van der Waals surface area (Å²) in [6, 6.07) is 14.8. The zero-order chi connectivity index (χ0) is 14.7. The van der Waals surface area contributed by atoms with Crippen LogP contribution in [0, 0.1) is 0 Å². The number of nitrogens with two attached hydrogens (primary N) is 1. The summed E-state index contributed by atoms with van der Waals surface area (Å²) < 4.78 is 2.17. The van der Waals surface area contributed by atoms with Gasteiger partial charge in [-0.25, -0.2) is 0 Å². The molecular formula is C16H18Br2N2. The number of halogens is 2. The van der Waals surface area contributed by atoms with E-state index in [-0.39, 0.29) is 6.04 Å². The topological polar surface area (TPSA) is 29.3 Å². The van der Waals surface area contributed by atoms with Crippen molar-refractivity contribution >= 4 is 37.5 Å². The van der Waals surface area contributed by atoms with Gasteiger partial charge in [-0.3, -0.25) is 0 Å². The first kappa shape index (κ1) is 15.5. The number of nitrogens with zero attached hydrogens (tertiary/aromatic N) is 1. The second kappa shape index (κ2) is 6.74. The highest BCUT2D eigenvalue weighted by Gasteiger charge is 2.08. The van der Waals surface area contributed by atoms with Gasteiger partial charge in [-0.15, -0.1) is 0 Å². The molecule has 0 radical (unpaired) electrons. The average Bonchev–Trinajstić information content (AvgIpc) is 2.40. The molecular weight excluding hydrogens is 380 g/mol. The van der Waals surface area contributed by atoms with Crippen LogP contribution in [-0.2, 0) is 6.54 Å². The van der Waals surface area contributed by atoms with Crippen molar-refractivity contribution in [3.63, 3.8) is 0 Å². The lowest BCUT2D eigenvalue weighted by molar-refractivity contribution is 0.812. The normalized spacial score (nSPS) is 12.2. The molecule has 0 aromatic heterocycles. The summed E-state index contributed by atoms with van der Waals surface area (Å²) in [7, 11) is 2.09. The first-order valence-corrected chi connectivity index (χ1v) is 8.06. The van der Waals surface area contributed by atoms with Crippen LogP contribution in [0.25, 0.3) is 0 Å². The van der Waals surface area contributed by atoms with Gasteiger partial charge in [0.2, 0.25) is 0 Å². The van der Waals surface area contributed by atoms with Gasteiger partial charge < -0.3 is 10.6 Å². The third kappa shape index (κ3) is 3.84. The van der Waals surface area contributed by atoms with Gasteiger partial charge >= 0.3 is 0 Å². The van der Waals surface area contributed by atoms with Crippen molar-refractivity contribution in [3.8, 4) is 0 Å². The van der Waals surface area contributed by atoms with E-state index in [1.54, 1.807) is 0 Å². The van der Waals surface area contributed by atoms with Crippen molar-refractivity contribution in [1.82, 2.24) is 0 Å². The maximum absolute atomic E-state index is 5.93. The standard InChI is InChI=1S/C16H18Br2N2/c1-11(19)15-8-7-14(9-16(15)18)20(2)10-12-3-5-13(17)6-4-12/h3-9,11H,10,19H2,1-2H3/t11-/m1/s1. The molecule has 1 atom stereocenters. The van der Waals surface area contributed by atoms with Crippen molar-refractivity contribution < 1.29 is 0 Å². The van der Waals surface area contributed by atoms with E-state index >= 15 is 0 Å². The highest BCUT2D eigenvalue weighted by Crippen LogP contribution is 2.27. The summed E-state index contributed by atoms with van der Waals surface area (Å²) in [4.78, 5) is 2.22. The van der Waals surface area contributed by atoms with Crippen LogP contribution < -0.4 is 10.6 Å². The quantitative estimate of drug-likeness (QED) is 0.797. The van der Waals surface area contributed by atoms with Gasteiger partial charge in [0, 0.05) is 34.3 Å². The van der Waals surface area contributed by atoms with E-state index in [0.29, 0.717) is 0 Å². The molecule has 0 amide bonds. The zero-order valence-electron chi connectivity index (χ0n) is 11.6. The zero-order valence-corrected chi connectivity index (χ0v) is 14.8. The van der Waals surface area contributed by atoms with Gasteiger partial charge in [0.15, 0.2) is 0 Å². The van der Waals surface area contributed by atoms with Gasteiger partial charge in [0.05, 0.1) is 0 Å². The summed E-state index contributed by atoms with van der Waals surface area (Å²) in [5, 5.41) is 0. The summed E-state index contributed by atoms with van der Waals surface area (Å²) in [5.41, 5.74) is 9.51. The Labute approximate surface area is 137 Å². The highest BCUT2D eigenvalue weighted by atomic mass is 79.9. The molecule has 2 nitrogen and oxygen atoms in total. The number of hydrogen-bond donors (Lipinski definition) is 1. The van der Waals surface area contributed by atoms with Crippen molar-refractivity contribution in [3.05, 3.63) is 62.5 Å². The second-order valence-corrected chi connectivity index (χ2v) is 6.75. The number of benzene rings is 2. The smallest absolute Gasteiger partial charge is 0.0426 e. The molecule has 0 bridgehead atoms. The molecule has 106 valence electrons. The van der Waals surface area contributed by atoms with Gasteiger partial charge in [0.25, 0.3) is 0 Å². The third-order valence-electron chi connectivity index (χ3n) is 3.25. The second-order valence-electron chi connectivity index (χ2n) is 4.98.